The SMILES string of the molecule is [Mo+4].[Na+].[OH-].[OH-].[OH-].[OH-].[OH-]. The molecule has 0 spiro atoms. The molecule has 0 unspecified atom stereocenters. The predicted molar refractivity (Wildman–Crippen MR) is 9.68 cm³/mol. The Hall–Kier alpha value is 1.49. The molecule has 0 heterocycles. The third-order valence-corrected chi connectivity index (χ3v) is 0. The summed E-state index contributed by atoms with van der Waals surface area (Å²) in [4.78, 5) is 0. The molecule has 0 radical (unpaired) electrons. The Labute approximate surface area is 77.6 Å². The summed E-state index contributed by atoms with van der Waals surface area (Å²) in [5, 5.41) is 0. The fourth-order valence-electron chi connectivity index (χ4n) is 0. The largest absolute Gasteiger partial charge is 4.00 e. The maximum Gasteiger partial charge on any atom is 4.00 e. The standard InChI is InChI=1S/Mo.Na.5H2O/h;;5*1H2/q+4;+1;;;;;/p-5. The van der Waals surface area contributed by atoms with Gasteiger partial charge in [0.05, 0.1) is 0 Å². The van der Waals surface area contributed by atoms with Crippen molar-refractivity contribution in [1.29, 1.82) is 0 Å². The molecule has 0 aromatic heterocycles. The molecule has 0 bridgehead atoms. The minimum Gasteiger partial charge on any atom is -0.870 e. The van der Waals surface area contributed by atoms with Gasteiger partial charge in [-0.15, -0.1) is 0 Å². The predicted octanol–water partition coefficient (Wildman–Crippen LogP) is -3.88. The molecule has 0 saturated carbocycles. The van der Waals surface area contributed by atoms with Crippen LogP contribution >= 0.6 is 0 Å². The molecule has 0 amide bonds. The number of hydrogen-bond acceptors (Lipinski definition) is 5. The molecule has 0 fully saturated rings. The Morgan fingerprint density at radius 2 is 0.429 bits per heavy atom. The summed E-state index contributed by atoms with van der Waals surface area (Å²) >= 11 is 0. The van der Waals surface area contributed by atoms with Gasteiger partial charge in [0.25, 0.3) is 0 Å². The molecule has 0 aromatic rings. The maximum absolute atomic E-state index is 0. The third kappa shape index (κ3) is 102. The van der Waals surface area contributed by atoms with Crippen LogP contribution in [-0.4, -0.2) is 27.4 Å². The van der Waals surface area contributed by atoms with Crippen LogP contribution in [0.15, 0.2) is 0 Å². The van der Waals surface area contributed by atoms with Gasteiger partial charge in [-0.05, 0) is 0 Å². The minimum absolute atomic E-state index is 0. The van der Waals surface area contributed by atoms with Crippen LogP contribution in [0.5, 0.6) is 0 Å². The Balaban J connectivity index is 0. The van der Waals surface area contributed by atoms with Crippen molar-refractivity contribution in [3.05, 3.63) is 0 Å². The first kappa shape index (κ1) is 215. The molecule has 7 heteroatoms. The van der Waals surface area contributed by atoms with Crippen molar-refractivity contribution in [2.75, 3.05) is 0 Å². The topological polar surface area (TPSA) is 150 Å². The van der Waals surface area contributed by atoms with Crippen LogP contribution in [0.4, 0.5) is 0 Å². The fourth-order valence-corrected chi connectivity index (χ4v) is 0. The first-order valence-corrected chi connectivity index (χ1v) is 0. The van der Waals surface area contributed by atoms with Gasteiger partial charge in [0.2, 0.25) is 0 Å². The van der Waals surface area contributed by atoms with E-state index >= 15 is 0 Å². The second-order valence-electron chi connectivity index (χ2n) is 0. The molecular formula is H5MoNaO5. The first-order chi connectivity index (χ1) is 0. The quantitative estimate of drug-likeness (QED) is 0.369. The molecule has 0 atom stereocenters. The van der Waals surface area contributed by atoms with Crippen LogP contribution in [0.25, 0.3) is 0 Å². The maximum atomic E-state index is 0. The van der Waals surface area contributed by atoms with E-state index < -0.39 is 0 Å². The van der Waals surface area contributed by atoms with E-state index in [0.717, 1.165) is 0 Å². The molecule has 42 valence electrons. The second kappa shape index (κ2) is 142. The van der Waals surface area contributed by atoms with Gasteiger partial charge in [0.1, 0.15) is 0 Å². The van der Waals surface area contributed by atoms with Crippen molar-refractivity contribution >= 4 is 0 Å². The molecule has 0 aliphatic carbocycles. The van der Waals surface area contributed by atoms with E-state index in [1.165, 1.54) is 0 Å². The summed E-state index contributed by atoms with van der Waals surface area (Å²) in [7, 11) is 0. The van der Waals surface area contributed by atoms with E-state index in [2.05, 4.69) is 0 Å². The van der Waals surface area contributed by atoms with Crippen molar-refractivity contribution in [2.45, 2.75) is 0 Å². The van der Waals surface area contributed by atoms with Gasteiger partial charge in [0, 0.05) is 0 Å². The molecule has 5 N–H and O–H groups in total. The average molecular weight is 204 g/mol. The zero-order chi connectivity index (χ0) is 0. The number of hydrogen-bond donors (Lipinski definition) is 0. The van der Waals surface area contributed by atoms with Gasteiger partial charge in [-0.1, -0.05) is 0 Å². The summed E-state index contributed by atoms with van der Waals surface area (Å²) in [5.41, 5.74) is 0. The summed E-state index contributed by atoms with van der Waals surface area (Å²) < 4.78 is 0. The van der Waals surface area contributed by atoms with Crippen molar-refractivity contribution in [2.24, 2.45) is 0 Å². The monoisotopic (exact) mass is 206 g/mol. The molecular weight excluding hydrogens is 199 g/mol. The van der Waals surface area contributed by atoms with E-state index in [4.69, 9.17) is 0 Å². The van der Waals surface area contributed by atoms with Crippen molar-refractivity contribution in [3.8, 4) is 0 Å². The van der Waals surface area contributed by atoms with Crippen LogP contribution < -0.4 is 29.6 Å². The van der Waals surface area contributed by atoms with Crippen molar-refractivity contribution in [3.63, 3.8) is 0 Å². The van der Waals surface area contributed by atoms with Crippen molar-refractivity contribution in [1.82, 2.24) is 0 Å². The number of rotatable bonds is 0. The molecule has 7 heavy (non-hydrogen) atoms. The molecule has 5 nitrogen and oxygen atoms in total. The smallest absolute Gasteiger partial charge is 0.870 e. The Kier molecular flexibility index (Phi) is 4370. The van der Waals surface area contributed by atoms with Gasteiger partial charge >= 0.3 is 50.6 Å². The zero-order valence-electron chi connectivity index (χ0n) is 3.64. The summed E-state index contributed by atoms with van der Waals surface area (Å²) in [6.07, 6.45) is 0. The Morgan fingerprint density at radius 3 is 0.429 bits per heavy atom. The Morgan fingerprint density at radius 1 is 0.429 bits per heavy atom. The molecule has 0 saturated heterocycles. The second-order valence-corrected chi connectivity index (χ2v) is 0. The Bertz CT molecular complexity index is 8.04. The normalized spacial score (nSPS) is 0. The summed E-state index contributed by atoms with van der Waals surface area (Å²) in [6, 6.07) is 0. The zero-order valence-corrected chi connectivity index (χ0v) is 7.65. The van der Waals surface area contributed by atoms with Crippen LogP contribution in [0.2, 0.25) is 0 Å². The van der Waals surface area contributed by atoms with Crippen LogP contribution in [0.3, 0.4) is 0 Å². The van der Waals surface area contributed by atoms with Gasteiger partial charge in [-0.2, -0.15) is 0 Å². The van der Waals surface area contributed by atoms with E-state index in [0.29, 0.717) is 0 Å². The van der Waals surface area contributed by atoms with Crippen molar-refractivity contribution < 1.29 is 78.0 Å². The van der Waals surface area contributed by atoms with Crippen LogP contribution in [0, 0.1) is 0 Å². The molecule has 0 aromatic carbocycles. The van der Waals surface area contributed by atoms with Gasteiger partial charge < -0.3 is 27.4 Å². The summed E-state index contributed by atoms with van der Waals surface area (Å²) in [6.45, 7) is 0. The molecule has 0 aliphatic rings. The fraction of sp³-hybridized carbons (Fsp3) is 0. The van der Waals surface area contributed by atoms with E-state index in [9.17, 15) is 0 Å². The van der Waals surface area contributed by atoms with Gasteiger partial charge in [-0.3, -0.25) is 0 Å². The van der Waals surface area contributed by atoms with Crippen LogP contribution in [-0.2, 0) is 21.1 Å². The minimum atomic E-state index is 0. The molecule has 0 rings (SSSR count). The van der Waals surface area contributed by atoms with Crippen LogP contribution in [0.1, 0.15) is 0 Å². The summed E-state index contributed by atoms with van der Waals surface area (Å²) in [5.74, 6) is 0. The average Bonchev–Trinajstić information content (AvgIpc) is 0. The molecule has 0 aliphatic heterocycles. The van der Waals surface area contributed by atoms with Gasteiger partial charge in [0.15, 0.2) is 0 Å². The van der Waals surface area contributed by atoms with Gasteiger partial charge in [-0.25, -0.2) is 0 Å². The third-order valence-electron chi connectivity index (χ3n) is 0. The van der Waals surface area contributed by atoms with E-state index in [-0.39, 0.29) is 78.0 Å². The van der Waals surface area contributed by atoms with E-state index in [1.54, 1.807) is 0 Å². The van der Waals surface area contributed by atoms with E-state index in [1.807, 2.05) is 0 Å². The first-order valence-electron chi connectivity index (χ1n) is 0.